The van der Waals surface area contributed by atoms with E-state index < -0.39 is 22.4 Å². The van der Waals surface area contributed by atoms with E-state index >= 15 is 0 Å². The number of rotatable bonds is 5. The molecule has 0 saturated heterocycles. The molecule has 2 rings (SSSR count). The Morgan fingerprint density at radius 2 is 2.10 bits per heavy atom. The van der Waals surface area contributed by atoms with Gasteiger partial charge in [-0.05, 0) is 47.0 Å². The van der Waals surface area contributed by atoms with Gasteiger partial charge in [0.2, 0.25) is 10.0 Å². The van der Waals surface area contributed by atoms with Crippen molar-refractivity contribution in [3.63, 3.8) is 0 Å². The lowest BCUT2D eigenvalue weighted by atomic mass is 10.1. The minimum absolute atomic E-state index is 0.0417. The van der Waals surface area contributed by atoms with E-state index in [0.717, 1.165) is 11.6 Å². The first-order valence-corrected chi connectivity index (χ1v) is 8.27. The highest BCUT2D eigenvalue weighted by atomic mass is 32.2. The smallest absolute Gasteiger partial charge is 0.241 e. The number of halogens is 1. The van der Waals surface area contributed by atoms with E-state index in [1.807, 2.05) is 16.8 Å². The molecular weight excluding hydrogens is 301 g/mol. The molecule has 0 aliphatic heterocycles. The Morgan fingerprint density at radius 1 is 1.35 bits per heavy atom. The molecule has 1 heterocycles. The molecule has 0 aliphatic rings. The summed E-state index contributed by atoms with van der Waals surface area (Å²) in [6.07, 6.45) is 0. The molecule has 2 aromatic rings. The number of thiophene rings is 1. The van der Waals surface area contributed by atoms with E-state index in [9.17, 15) is 12.8 Å². The highest BCUT2D eigenvalue weighted by Crippen LogP contribution is 2.21. The van der Waals surface area contributed by atoms with Gasteiger partial charge in [0, 0.05) is 12.1 Å². The van der Waals surface area contributed by atoms with Gasteiger partial charge in [-0.1, -0.05) is 0 Å². The lowest BCUT2D eigenvalue weighted by molar-refractivity contribution is 0.281. The van der Waals surface area contributed by atoms with Crippen LogP contribution in [0.15, 0.2) is 33.9 Å². The van der Waals surface area contributed by atoms with Crippen molar-refractivity contribution in [2.75, 3.05) is 0 Å². The fourth-order valence-electron chi connectivity index (χ4n) is 1.73. The highest BCUT2D eigenvalue weighted by molar-refractivity contribution is 7.89. The fourth-order valence-corrected chi connectivity index (χ4v) is 3.71. The number of aliphatic hydroxyl groups excluding tert-OH is 1. The Kier molecular flexibility index (Phi) is 4.54. The van der Waals surface area contributed by atoms with Crippen molar-refractivity contribution in [2.45, 2.75) is 25.0 Å². The van der Waals surface area contributed by atoms with Crippen LogP contribution in [-0.4, -0.2) is 13.5 Å². The van der Waals surface area contributed by atoms with Gasteiger partial charge in [-0.25, -0.2) is 17.5 Å². The van der Waals surface area contributed by atoms with Crippen molar-refractivity contribution in [3.8, 4) is 0 Å². The van der Waals surface area contributed by atoms with E-state index in [2.05, 4.69) is 4.72 Å². The zero-order chi connectivity index (χ0) is 14.8. The van der Waals surface area contributed by atoms with Gasteiger partial charge in [0.25, 0.3) is 0 Å². The summed E-state index contributed by atoms with van der Waals surface area (Å²) in [4.78, 5) is -0.142. The average Bonchev–Trinajstić information content (AvgIpc) is 2.92. The van der Waals surface area contributed by atoms with Gasteiger partial charge in [-0.15, -0.1) is 0 Å². The standard InChI is InChI=1S/C13H14FNO3S2/c1-9-12(14)4-11(7-16)5-13(9)20(17,18)15-6-10-2-3-19-8-10/h2-5,8,15-16H,6-7H2,1H3. The lowest BCUT2D eigenvalue weighted by Crippen LogP contribution is -2.24. The van der Waals surface area contributed by atoms with Crippen molar-refractivity contribution in [2.24, 2.45) is 0 Å². The summed E-state index contributed by atoms with van der Waals surface area (Å²) < 4.78 is 40.5. The molecule has 0 atom stereocenters. The van der Waals surface area contributed by atoms with E-state index in [4.69, 9.17) is 5.11 Å². The Hall–Kier alpha value is -1.28. The largest absolute Gasteiger partial charge is 0.392 e. The number of sulfonamides is 1. The summed E-state index contributed by atoms with van der Waals surface area (Å²) in [6, 6.07) is 4.23. The number of hydrogen-bond donors (Lipinski definition) is 2. The second-order valence-electron chi connectivity index (χ2n) is 4.32. The average molecular weight is 315 g/mol. The van der Waals surface area contributed by atoms with Crippen molar-refractivity contribution in [3.05, 3.63) is 51.5 Å². The van der Waals surface area contributed by atoms with Crippen LogP contribution >= 0.6 is 11.3 Å². The third kappa shape index (κ3) is 3.24. The maximum absolute atomic E-state index is 13.7. The summed E-state index contributed by atoms with van der Waals surface area (Å²) in [5.41, 5.74) is 1.11. The van der Waals surface area contributed by atoms with Crippen LogP contribution in [0.4, 0.5) is 4.39 Å². The first-order chi connectivity index (χ1) is 9.44. The maximum atomic E-state index is 13.7. The van der Waals surface area contributed by atoms with E-state index in [1.165, 1.54) is 24.3 Å². The highest BCUT2D eigenvalue weighted by Gasteiger charge is 2.20. The quantitative estimate of drug-likeness (QED) is 0.888. The van der Waals surface area contributed by atoms with Crippen LogP contribution in [0.2, 0.25) is 0 Å². The minimum atomic E-state index is -3.82. The molecule has 4 nitrogen and oxygen atoms in total. The first-order valence-electron chi connectivity index (χ1n) is 5.84. The van der Waals surface area contributed by atoms with Crippen LogP contribution in [0.1, 0.15) is 16.7 Å². The van der Waals surface area contributed by atoms with Crippen LogP contribution in [0.25, 0.3) is 0 Å². The van der Waals surface area contributed by atoms with Gasteiger partial charge in [-0.3, -0.25) is 0 Å². The molecule has 7 heteroatoms. The molecular formula is C13H14FNO3S2. The molecule has 0 spiro atoms. The third-order valence-corrected chi connectivity index (χ3v) is 5.13. The molecule has 0 saturated carbocycles. The van der Waals surface area contributed by atoms with Crippen LogP contribution in [0.3, 0.4) is 0 Å². The predicted octanol–water partition coefficient (Wildman–Crippen LogP) is 2.17. The SMILES string of the molecule is Cc1c(F)cc(CO)cc1S(=O)(=O)NCc1ccsc1. The Morgan fingerprint density at radius 3 is 2.70 bits per heavy atom. The van der Waals surface area contributed by atoms with Gasteiger partial charge in [-0.2, -0.15) is 11.3 Å². The number of hydrogen-bond acceptors (Lipinski definition) is 4. The summed E-state index contributed by atoms with van der Waals surface area (Å²) >= 11 is 1.47. The number of nitrogens with one attached hydrogen (secondary N) is 1. The van der Waals surface area contributed by atoms with Gasteiger partial charge in [0.05, 0.1) is 11.5 Å². The first kappa shape index (κ1) is 15.1. The molecule has 0 unspecified atom stereocenters. The zero-order valence-corrected chi connectivity index (χ0v) is 12.4. The second-order valence-corrected chi connectivity index (χ2v) is 6.83. The molecule has 0 aliphatic carbocycles. The van der Waals surface area contributed by atoms with Crippen LogP contribution in [0.5, 0.6) is 0 Å². The Balaban J connectivity index is 2.31. The van der Waals surface area contributed by atoms with Crippen molar-refractivity contribution in [1.82, 2.24) is 4.72 Å². The van der Waals surface area contributed by atoms with E-state index in [0.29, 0.717) is 0 Å². The summed E-state index contributed by atoms with van der Waals surface area (Å²) in [5.74, 6) is -0.646. The number of aliphatic hydroxyl groups is 1. The molecule has 1 aromatic heterocycles. The van der Waals surface area contributed by atoms with E-state index in [1.54, 1.807) is 0 Å². The second kappa shape index (κ2) is 6.01. The molecule has 0 radical (unpaired) electrons. The fraction of sp³-hybridized carbons (Fsp3) is 0.231. The molecule has 108 valence electrons. The van der Waals surface area contributed by atoms with Crippen molar-refractivity contribution in [1.29, 1.82) is 0 Å². The topological polar surface area (TPSA) is 66.4 Å². The van der Waals surface area contributed by atoms with Gasteiger partial charge in [0.1, 0.15) is 5.82 Å². The van der Waals surface area contributed by atoms with Crippen LogP contribution in [-0.2, 0) is 23.2 Å². The molecule has 0 fully saturated rings. The van der Waals surface area contributed by atoms with E-state index in [-0.39, 0.29) is 22.6 Å². The molecule has 0 amide bonds. The molecule has 2 N–H and O–H groups in total. The minimum Gasteiger partial charge on any atom is -0.392 e. The molecule has 1 aromatic carbocycles. The summed E-state index contributed by atoms with van der Waals surface area (Å²) in [6.45, 7) is 1.14. The van der Waals surface area contributed by atoms with Gasteiger partial charge in [0.15, 0.2) is 0 Å². The van der Waals surface area contributed by atoms with Gasteiger partial charge >= 0.3 is 0 Å². The molecule has 20 heavy (non-hydrogen) atoms. The summed E-state index contributed by atoms with van der Waals surface area (Å²) in [5, 5.41) is 12.7. The van der Waals surface area contributed by atoms with Gasteiger partial charge < -0.3 is 5.11 Å². The Bertz CT molecular complexity index is 697. The summed E-state index contributed by atoms with van der Waals surface area (Å²) in [7, 11) is -3.82. The predicted molar refractivity (Wildman–Crippen MR) is 75.4 cm³/mol. The zero-order valence-electron chi connectivity index (χ0n) is 10.8. The number of benzene rings is 1. The lowest BCUT2D eigenvalue weighted by Gasteiger charge is -2.11. The molecule has 0 bridgehead atoms. The Labute approximate surface area is 120 Å². The van der Waals surface area contributed by atoms with Crippen LogP contribution in [0, 0.1) is 12.7 Å². The monoisotopic (exact) mass is 315 g/mol. The van der Waals surface area contributed by atoms with Crippen LogP contribution < -0.4 is 4.72 Å². The van der Waals surface area contributed by atoms with Crippen molar-refractivity contribution < 1.29 is 17.9 Å². The maximum Gasteiger partial charge on any atom is 0.241 e. The van der Waals surface area contributed by atoms with Crippen molar-refractivity contribution >= 4 is 21.4 Å². The third-order valence-electron chi connectivity index (χ3n) is 2.87. The normalized spacial score (nSPS) is 11.8.